The summed E-state index contributed by atoms with van der Waals surface area (Å²) in [4.78, 5) is 25.1. The Kier molecular flexibility index (Phi) is 5.77. The van der Waals surface area contributed by atoms with Crippen molar-refractivity contribution in [3.63, 3.8) is 0 Å². The number of ether oxygens (including phenoxy) is 4. The first-order valence-corrected chi connectivity index (χ1v) is 11.8. The lowest BCUT2D eigenvalue weighted by molar-refractivity contribution is -0.174. The molecule has 0 amide bonds. The second-order valence-electron chi connectivity index (χ2n) is 9.35. The van der Waals surface area contributed by atoms with Gasteiger partial charge in [-0.3, -0.25) is 9.59 Å². The van der Waals surface area contributed by atoms with E-state index in [1.54, 1.807) is 14.2 Å². The summed E-state index contributed by atoms with van der Waals surface area (Å²) in [6, 6.07) is 9.68. The molecule has 0 saturated heterocycles. The Morgan fingerprint density at radius 2 is 1.76 bits per heavy atom. The van der Waals surface area contributed by atoms with Gasteiger partial charge < -0.3 is 18.9 Å². The van der Waals surface area contributed by atoms with Gasteiger partial charge in [0, 0.05) is 17.5 Å². The molecule has 2 fully saturated rings. The van der Waals surface area contributed by atoms with Crippen LogP contribution in [0.3, 0.4) is 0 Å². The van der Waals surface area contributed by atoms with Gasteiger partial charge in [0.15, 0.2) is 17.3 Å². The first-order chi connectivity index (χ1) is 16.0. The van der Waals surface area contributed by atoms with Gasteiger partial charge in [-0.1, -0.05) is 24.6 Å². The molecular weight excluding hydrogens is 420 g/mol. The quantitative estimate of drug-likeness (QED) is 0.519. The topological polar surface area (TPSA) is 71.1 Å². The third kappa shape index (κ3) is 3.85. The molecule has 3 aliphatic carbocycles. The van der Waals surface area contributed by atoms with E-state index < -0.39 is 5.41 Å². The van der Waals surface area contributed by atoms with Crippen molar-refractivity contribution in [2.45, 2.75) is 57.5 Å². The second-order valence-corrected chi connectivity index (χ2v) is 9.35. The van der Waals surface area contributed by atoms with E-state index in [0.29, 0.717) is 23.7 Å². The lowest BCUT2D eigenvalue weighted by Crippen LogP contribution is -2.46. The van der Waals surface area contributed by atoms with Crippen LogP contribution in [0.2, 0.25) is 0 Å². The Morgan fingerprint density at radius 1 is 0.970 bits per heavy atom. The minimum atomic E-state index is -0.606. The second kappa shape index (κ2) is 8.73. The van der Waals surface area contributed by atoms with Gasteiger partial charge in [-0.25, -0.2) is 0 Å². The van der Waals surface area contributed by atoms with Crippen molar-refractivity contribution in [2.24, 2.45) is 5.41 Å². The average Bonchev–Trinajstić information content (AvgIpc) is 3.14. The number of Topliss-reactive ketones (excluding diaryl/α,β-unsaturated/α-hetero) is 1. The molecule has 0 aromatic heterocycles. The van der Waals surface area contributed by atoms with Gasteiger partial charge in [-0.15, -0.1) is 0 Å². The van der Waals surface area contributed by atoms with E-state index in [-0.39, 0.29) is 24.5 Å². The molecule has 6 nitrogen and oxygen atoms in total. The zero-order chi connectivity index (χ0) is 23.0. The zero-order valence-corrected chi connectivity index (χ0v) is 19.3. The van der Waals surface area contributed by atoms with Crippen molar-refractivity contribution in [2.75, 3.05) is 20.8 Å². The zero-order valence-electron chi connectivity index (χ0n) is 19.3. The van der Waals surface area contributed by atoms with Crippen LogP contribution in [0.1, 0.15) is 60.9 Å². The first-order valence-electron chi connectivity index (χ1n) is 11.8. The fraction of sp³-hybridized carbons (Fsp3) is 0.481. The monoisotopic (exact) mass is 450 g/mol. The predicted molar refractivity (Wildman–Crippen MR) is 123 cm³/mol. The van der Waals surface area contributed by atoms with Crippen LogP contribution in [0.25, 0.3) is 11.1 Å². The van der Waals surface area contributed by atoms with E-state index in [1.165, 1.54) is 0 Å². The van der Waals surface area contributed by atoms with Gasteiger partial charge >= 0.3 is 5.97 Å². The van der Waals surface area contributed by atoms with Crippen molar-refractivity contribution in [3.05, 3.63) is 41.5 Å². The summed E-state index contributed by atoms with van der Waals surface area (Å²) in [7, 11) is 3.17. The molecule has 0 atom stereocenters. The standard InChI is InChI=1S/C27H30O6/c1-30-23-12-10-21(18-7-9-20-17(15-18)8-11-22(20)28)24(25(23)31-2)32-16-27(13-4-14-27)26(29)33-19-5-3-6-19/h7,9-10,12,15,19H,3-6,8,11,13-14,16H2,1-2H3. The molecule has 5 rings (SSSR count). The number of fused-ring (bicyclic) bond motifs is 1. The smallest absolute Gasteiger partial charge is 0.315 e. The van der Waals surface area contributed by atoms with E-state index >= 15 is 0 Å². The van der Waals surface area contributed by atoms with Gasteiger partial charge in [0.05, 0.1) is 14.2 Å². The Balaban J connectivity index is 1.46. The maximum atomic E-state index is 13.0. The summed E-state index contributed by atoms with van der Waals surface area (Å²) in [5.74, 6) is 1.65. The molecule has 2 saturated carbocycles. The highest BCUT2D eigenvalue weighted by molar-refractivity contribution is 6.01. The molecule has 0 aliphatic heterocycles. The van der Waals surface area contributed by atoms with Crippen molar-refractivity contribution < 1.29 is 28.5 Å². The van der Waals surface area contributed by atoms with Gasteiger partial charge in [0.2, 0.25) is 5.75 Å². The number of benzene rings is 2. The number of methoxy groups -OCH3 is 2. The van der Waals surface area contributed by atoms with Crippen LogP contribution in [0.4, 0.5) is 0 Å². The molecule has 174 valence electrons. The molecule has 2 aromatic rings. The van der Waals surface area contributed by atoms with Crippen LogP contribution in [0, 0.1) is 5.41 Å². The van der Waals surface area contributed by atoms with E-state index in [4.69, 9.17) is 18.9 Å². The van der Waals surface area contributed by atoms with Gasteiger partial charge in [0.1, 0.15) is 18.1 Å². The number of hydrogen-bond acceptors (Lipinski definition) is 6. The number of rotatable bonds is 8. The molecule has 0 N–H and O–H groups in total. The number of ketones is 1. The van der Waals surface area contributed by atoms with Crippen LogP contribution in [0.15, 0.2) is 30.3 Å². The van der Waals surface area contributed by atoms with E-state index in [0.717, 1.165) is 67.2 Å². The summed E-state index contributed by atoms with van der Waals surface area (Å²) in [5.41, 5.74) is 3.04. The predicted octanol–water partition coefficient (Wildman–Crippen LogP) is 5.14. The largest absolute Gasteiger partial charge is 0.493 e. The van der Waals surface area contributed by atoms with Gasteiger partial charge in [-0.05, 0) is 61.8 Å². The van der Waals surface area contributed by atoms with E-state index in [9.17, 15) is 9.59 Å². The average molecular weight is 451 g/mol. The lowest BCUT2D eigenvalue weighted by atomic mass is 9.69. The lowest BCUT2D eigenvalue weighted by Gasteiger charge is -2.41. The molecular formula is C27H30O6. The van der Waals surface area contributed by atoms with Gasteiger partial charge in [0.25, 0.3) is 0 Å². The van der Waals surface area contributed by atoms with Crippen molar-refractivity contribution in [3.8, 4) is 28.4 Å². The minimum absolute atomic E-state index is 0.0611. The molecule has 3 aliphatic rings. The third-order valence-electron chi connectivity index (χ3n) is 7.40. The normalized spacial score (nSPS) is 18.7. The summed E-state index contributed by atoms with van der Waals surface area (Å²) in [5, 5.41) is 0. The fourth-order valence-corrected chi connectivity index (χ4v) is 4.88. The van der Waals surface area contributed by atoms with Crippen LogP contribution < -0.4 is 14.2 Å². The molecule has 33 heavy (non-hydrogen) atoms. The highest BCUT2D eigenvalue weighted by atomic mass is 16.6. The maximum Gasteiger partial charge on any atom is 0.315 e. The SMILES string of the molecule is COc1ccc(-c2ccc3c(c2)CCC3=O)c(OCC2(C(=O)OC3CCC3)CCC2)c1OC. The van der Waals surface area contributed by atoms with E-state index in [1.807, 2.05) is 24.3 Å². The molecule has 0 unspecified atom stereocenters. The number of aryl methyl sites for hydroxylation is 1. The summed E-state index contributed by atoms with van der Waals surface area (Å²) in [6.07, 6.45) is 6.92. The highest BCUT2D eigenvalue weighted by Crippen LogP contribution is 2.48. The number of carbonyl (C=O) groups is 2. The van der Waals surface area contributed by atoms with E-state index in [2.05, 4.69) is 6.07 Å². The Labute approximate surface area is 194 Å². The van der Waals surface area contributed by atoms with Crippen LogP contribution >= 0.6 is 0 Å². The third-order valence-corrected chi connectivity index (χ3v) is 7.40. The van der Waals surface area contributed by atoms with Crippen LogP contribution in [-0.4, -0.2) is 38.7 Å². The Bertz CT molecular complexity index is 1080. The summed E-state index contributed by atoms with van der Waals surface area (Å²) < 4.78 is 23.3. The van der Waals surface area contributed by atoms with Crippen LogP contribution in [-0.2, 0) is 16.0 Å². The van der Waals surface area contributed by atoms with Crippen LogP contribution in [0.5, 0.6) is 17.2 Å². The molecule has 6 heteroatoms. The Morgan fingerprint density at radius 3 is 2.39 bits per heavy atom. The molecule has 0 spiro atoms. The summed E-state index contributed by atoms with van der Waals surface area (Å²) >= 11 is 0. The maximum absolute atomic E-state index is 13.0. The number of carbonyl (C=O) groups excluding carboxylic acids is 2. The molecule has 2 aromatic carbocycles. The van der Waals surface area contributed by atoms with Crippen molar-refractivity contribution in [1.82, 2.24) is 0 Å². The van der Waals surface area contributed by atoms with Gasteiger partial charge in [-0.2, -0.15) is 0 Å². The van der Waals surface area contributed by atoms with Crippen molar-refractivity contribution >= 4 is 11.8 Å². The highest BCUT2D eigenvalue weighted by Gasteiger charge is 2.48. The molecule has 0 radical (unpaired) electrons. The van der Waals surface area contributed by atoms with Crippen molar-refractivity contribution in [1.29, 1.82) is 0 Å². The number of hydrogen-bond donors (Lipinski definition) is 0. The minimum Gasteiger partial charge on any atom is -0.493 e. The fourth-order valence-electron chi connectivity index (χ4n) is 4.88. The number of esters is 1. The molecule has 0 bridgehead atoms. The first kappa shape index (κ1) is 21.8. The summed E-state index contributed by atoms with van der Waals surface area (Å²) in [6.45, 7) is 0.235. The molecule has 0 heterocycles. The Hall–Kier alpha value is -3.02.